The van der Waals surface area contributed by atoms with E-state index in [0.717, 1.165) is 37.6 Å². The fourth-order valence-electron chi connectivity index (χ4n) is 2.88. The molecule has 1 aliphatic rings. The van der Waals surface area contributed by atoms with Crippen molar-refractivity contribution >= 4 is 17.3 Å². The molecule has 0 bridgehead atoms. The lowest BCUT2D eigenvalue weighted by Crippen LogP contribution is -2.46. The van der Waals surface area contributed by atoms with E-state index in [1.54, 1.807) is 0 Å². The van der Waals surface area contributed by atoms with E-state index >= 15 is 0 Å². The quantitative estimate of drug-likeness (QED) is 0.815. The number of aromatic nitrogens is 1. The second kappa shape index (κ2) is 6.69. The van der Waals surface area contributed by atoms with Crippen LogP contribution in [-0.4, -0.2) is 44.2 Å². The maximum absolute atomic E-state index is 11.5. The molecule has 3 rings (SSSR count). The number of anilines is 2. The molecule has 23 heavy (non-hydrogen) atoms. The van der Waals surface area contributed by atoms with Gasteiger partial charge in [-0.1, -0.05) is 0 Å². The number of hydrogen-bond donors (Lipinski definition) is 0. The van der Waals surface area contributed by atoms with E-state index in [2.05, 4.69) is 26.9 Å². The highest BCUT2D eigenvalue weighted by atomic mass is 16.5. The van der Waals surface area contributed by atoms with Crippen molar-refractivity contribution in [2.75, 3.05) is 43.1 Å². The lowest BCUT2D eigenvalue weighted by Gasteiger charge is -2.37. The molecule has 0 amide bonds. The Balaban J connectivity index is 1.63. The Morgan fingerprint density at radius 3 is 2.17 bits per heavy atom. The average molecular weight is 311 g/mol. The smallest absolute Gasteiger partial charge is 0.337 e. The number of aryl methyl sites for hydroxylation is 1. The number of piperazine rings is 1. The number of methoxy groups -OCH3 is 1. The van der Waals surface area contributed by atoms with Crippen molar-refractivity contribution in [2.45, 2.75) is 6.92 Å². The fraction of sp³-hybridized carbons (Fsp3) is 0.333. The van der Waals surface area contributed by atoms with Crippen molar-refractivity contribution in [3.63, 3.8) is 0 Å². The first-order chi connectivity index (χ1) is 11.2. The number of rotatable bonds is 3. The molecule has 0 unspecified atom stereocenters. The zero-order chi connectivity index (χ0) is 16.2. The van der Waals surface area contributed by atoms with Gasteiger partial charge in [0.1, 0.15) is 0 Å². The SMILES string of the molecule is COC(=O)c1ccc(N2CCN(c3ccnc(C)c3)CC2)cc1. The number of ether oxygens (including phenoxy) is 1. The lowest BCUT2D eigenvalue weighted by molar-refractivity contribution is 0.0601. The molecular formula is C18H21N3O2. The summed E-state index contributed by atoms with van der Waals surface area (Å²) in [4.78, 5) is 20.5. The topological polar surface area (TPSA) is 45.7 Å². The van der Waals surface area contributed by atoms with Crippen LogP contribution in [0.2, 0.25) is 0 Å². The molecule has 1 aromatic heterocycles. The molecule has 0 saturated carbocycles. The van der Waals surface area contributed by atoms with Gasteiger partial charge in [0.25, 0.3) is 0 Å². The van der Waals surface area contributed by atoms with Crippen LogP contribution in [0.1, 0.15) is 16.1 Å². The van der Waals surface area contributed by atoms with Gasteiger partial charge in [-0.25, -0.2) is 4.79 Å². The molecule has 0 spiro atoms. The molecule has 1 aromatic carbocycles. The van der Waals surface area contributed by atoms with Gasteiger partial charge in [0.2, 0.25) is 0 Å². The maximum Gasteiger partial charge on any atom is 0.337 e. The third-order valence-corrected chi connectivity index (χ3v) is 4.18. The molecule has 2 aromatic rings. The van der Waals surface area contributed by atoms with E-state index < -0.39 is 0 Å². The number of carbonyl (C=O) groups is 1. The van der Waals surface area contributed by atoms with Crippen LogP contribution >= 0.6 is 0 Å². The monoisotopic (exact) mass is 311 g/mol. The highest BCUT2D eigenvalue weighted by molar-refractivity contribution is 5.89. The molecule has 2 heterocycles. The molecule has 1 fully saturated rings. The summed E-state index contributed by atoms with van der Waals surface area (Å²) >= 11 is 0. The molecule has 0 aliphatic carbocycles. The van der Waals surface area contributed by atoms with E-state index in [-0.39, 0.29) is 5.97 Å². The summed E-state index contributed by atoms with van der Waals surface area (Å²) in [6, 6.07) is 11.8. The average Bonchev–Trinajstić information content (AvgIpc) is 2.61. The van der Waals surface area contributed by atoms with E-state index in [0.29, 0.717) is 5.56 Å². The summed E-state index contributed by atoms with van der Waals surface area (Å²) < 4.78 is 4.73. The van der Waals surface area contributed by atoms with Crippen LogP contribution in [0.3, 0.4) is 0 Å². The minimum atomic E-state index is -0.297. The molecule has 1 aliphatic heterocycles. The number of esters is 1. The normalized spacial score (nSPS) is 14.7. The molecule has 0 N–H and O–H groups in total. The second-order valence-electron chi connectivity index (χ2n) is 5.67. The zero-order valence-electron chi connectivity index (χ0n) is 13.5. The fourth-order valence-corrected chi connectivity index (χ4v) is 2.88. The van der Waals surface area contributed by atoms with Crippen molar-refractivity contribution in [3.05, 3.63) is 53.9 Å². The van der Waals surface area contributed by atoms with Gasteiger partial charge in [0.15, 0.2) is 0 Å². The molecule has 0 radical (unpaired) electrons. The van der Waals surface area contributed by atoms with E-state index in [9.17, 15) is 4.79 Å². The van der Waals surface area contributed by atoms with Crippen LogP contribution in [0.5, 0.6) is 0 Å². The summed E-state index contributed by atoms with van der Waals surface area (Å²) in [6.07, 6.45) is 1.86. The first-order valence-electron chi connectivity index (χ1n) is 7.78. The van der Waals surface area contributed by atoms with Crippen LogP contribution < -0.4 is 9.80 Å². The number of hydrogen-bond acceptors (Lipinski definition) is 5. The maximum atomic E-state index is 11.5. The van der Waals surface area contributed by atoms with Crippen LogP contribution in [0.25, 0.3) is 0 Å². The largest absolute Gasteiger partial charge is 0.465 e. The van der Waals surface area contributed by atoms with E-state index in [1.807, 2.05) is 37.4 Å². The summed E-state index contributed by atoms with van der Waals surface area (Å²) in [5, 5.41) is 0. The van der Waals surface area contributed by atoms with Gasteiger partial charge in [0, 0.05) is 49.4 Å². The van der Waals surface area contributed by atoms with Gasteiger partial charge >= 0.3 is 5.97 Å². The van der Waals surface area contributed by atoms with Gasteiger partial charge in [-0.3, -0.25) is 4.98 Å². The third-order valence-electron chi connectivity index (χ3n) is 4.18. The highest BCUT2D eigenvalue weighted by Crippen LogP contribution is 2.21. The lowest BCUT2D eigenvalue weighted by atomic mass is 10.1. The van der Waals surface area contributed by atoms with Gasteiger partial charge in [0.05, 0.1) is 12.7 Å². The van der Waals surface area contributed by atoms with Gasteiger partial charge in [-0.2, -0.15) is 0 Å². The van der Waals surface area contributed by atoms with E-state index in [1.165, 1.54) is 12.8 Å². The minimum absolute atomic E-state index is 0.297. The van der Waals surface area contributed by atoms with Crippen LogP contribution in [0.15, 0.2) is 42.6 Å². The van der Waals surface area contributed by atoms with Crippen LogP contribution in [0, 0.1) is 6.92 Å². The minimum Gasteiger partial charge on any atom is -0.465 e. The Hall–Kier alpha value is -2.56. The third kappa shape index (κ3) is 3.44. The molecular weight excluding hydrogens is 290 g/mol. The summed E-state index contributed by atoms with van der Waals surface area (Å²) in [5.74, 6) is -0.297. The van der Waals surface area contributed by atoms with Gasteiger partial charge in [-0.05, 0) is 43.3 Å². The standard InChI is InChI=1S/C18H21N3O2/c1-14-13-17(7-8-19-14)21-11-9-20(10-12-21)16-5-3-15(4-6-16)18(22)23-2/h3-8,13H,9-12H2,1-2H3. The van der Waals surface area contributed by atoms with Crippen molar-refractivity contribution in [3.8, 4) is 0 Å². The number of carbonyl (C=O) groups excluding carboxylic acids is 1. The van der Waals surface area contributed by atoms with Crippen LogP contribution in [0.4, 0.5) is 11.4 Å². The zero-order valence-corrected chi connectivity index (χ0v) is 13.5. The Bertz CT molecular complexity index is 677. The number of nitrogens with zero attached hydrogens (tertiary/aromatic N) is 3. The van der Waals surface area contributed by atoms with Gasteiger partial charge in [-0.15, -0.1) is 0 Å². The van der Waals surface area contributed by atoms with E-state index in [4.69, 9.17) is 4.74 Å². The van der Waals surface area contributed by atoms with Crippen molar-refractivity contribution < 1.29 is 9.53 Å². The summed E-state index contributed by atoms with van der Waals surface area (Å²) in [6.45, 7) is 5.88. The Labute approximate surface area is 136 Å². The van der Waals surface area contributed by atoms with Crippen molar-refractivity contribution in [1.82, 2.24) is 4.98 Å². The highest BCUT2D eigenvalue weighted by Gasteiger charge is 2.18. The Morgan fingerprint density at radius 2 is 1.61 bits per heavy atom. The first-order valence-corrected chi connectivity index (χ1v) is 7.78. The van der Waals surface area contributed by atoms with Crippen molar-refractivity contribution in [2.24, 2.45) is 0 Å². The Morgan fingerprint density at radius 1 is 1.00 bits per heavy atom. The van der Waals surface area contributed by atoms with Crippen molar-refractivity contribution in [1.29, 1.82) is 0 Å². The first kappa shape index (κ1) is 15.3. The summed E-state index contributed by atoms with van der Waals surface area (Å²) in [7, 11) is 1.40. The number of pyridine rings is 1. The molecule has 120 valence electrons. The van der Waals surface area contributed by atoms with Crippen LogP contribution in [-0.2, 0) is 4.74 Å². The predicted octanol–water partition coefficient (Wildman–Crippen LogP) is 2.50. The second-order valence-corrected chi connectivity index (χ2v) is 5.67. The molecule has 0 atom stereocenters. The predicted molar refractivity (Wildman–Crippen MR) is 91.2 cm³/mol. The Kier molecular flexibility index (Phi) is 4.46. The molecule has 5 nitrogen and oxygen atoms in total. The summed E-state index contributed by atoms with van der Waals surface area (Å²) in [5.41, 5.74) is 4.01. The molecule has 1 saturated heterocycles. The molecule has 5 heteroatoms. The number of benzene rings is 1. The van der Waals surface area contributed by atoms with Gasteiger partial charge < -0.3 is 14.5 Å².